The van der Waals surface area contributed by atoms with E-state index in [0.29, 0.717) is 49.5 Å². The van der Waals surface area contributed by atoms with Gasteiger partial charge in [-0.25, -0.2) is 9.07 Å². The van der Waals surface area contributed by atoms with Crippen LogP contribution in [0.2, 0.25) is 0 Å². The normalized spacial score (nSPS) is 14.5. The lowest BCUT2D eigenvalue weighted by Crippen LogP contribution is -2.41. The molecule has 0 saturated carbocycles. The lowest BCUT2D eigenvalue weighted by molar-refractivity contribution is -0.125. The van der Waals surface area contributed by atoms with Gasteiger partial charge in [0.05, 0.1) is 11.9 Å². The third-order valence-corrected chi connectivity index (χ3v) is 5.97. The number of amides is 1. The van der Waals surface area contributed by atoms with Gasteiger partial charge in [-0.05, 0) is 42.7 Å². The average Bonchev–Trinajstić information content (AvgIpc) is 3.29. The Morgan fingerprint density at radius 3 is 2.55 bits per heavy atom. The summed E-state index contributed by atoms with van der Waals surface area (Å²) in [5, 5.41) is 7.70. The highest BCUT2D eigenvalue weighted by Gasteiger charge is 2.26. The average molecular weight is 446 g/mol. The Balaban J connectivity index is 1.27. The molecule has 4 aromatic rings. The van der Waals surface area contributed by atoms with Gasteiger partial charge in [0, 0.05) is 25.6 Å². The summed E-state index contributed by atoms with van der Waals surface area (Å²) in [7, 11) is 0. The minimum Gasteiger partial charge on any atom is -0.352 e. The quantitative estimate of drug-likeness (QED) is 0.492. The van der Waals surface area contributed by atoms with Gasteiger partial charge in [0.1, 0.15) is 11.2 Å². The number of fused-ring (bicyclic) bond motifs is 1. The SMILES string of the molecule is O=C(NCc1ccc(F)cc1)C1CCN(c2nc3c(cnn3-c3ccccc3)c(=O)[nH]2)CC1. The summed E-state index contributed by atoms with van der Waals surface area (Å²) in [6, 6.07) is 15.6. The predicted octanol–water partition coefficient (Wildman–Crippen LogP) is 2.78. The molecule has 1 aliphatic heterocycles. The highest BCUT2D eigenvalue weighted by molar-refractivity contribution is 5.79. The number of benzene rings is 2. The van der Waals surface area contributed by atoms with Crippen molar-refractivity contribution in [2.75, 3.05) is 18.0 Å². The number of nitrogens with one attached hydrogen (secondary N) is 2. The van der Waals surface area contributed by atoms with Gasteiger partial charge in [-0.1, -0.05) is 30.3 Å². The predicted molar refractivity (Wildman–Crippen MR) is 123 cm³/mol. The maximum absolute atomic E-state index is 13.0. The second-order valence-electron chi connectivity index (χ2n) is 8.12. The van der Waals surface area contributed by atoms with Crippen molar-refractivity contribution in [2.24, 2.45) is 5.92 Å². The second-order valence-corrected chi connectivity index (χ2v) is 8.12. The van der Waals surface area contributed by atoms with Crippen molar-refractivity contribution in [1.82, 2.24) is 25.1 Å². The van der Waals surface area contributed by atoms with Gasteiger partial charge in [-0.15, -0.1) is 0 Å². The Kier molecular flexibility index (Phi) is 5.60. The van der Waals surface area contributed by atoms with Gasteiger partial charge < -0.3 is 10.2 Å². The fraction of sp³-hybridized carbons (Fsp3) is 0.250. The first kappa shape index (κ1) is 20.9. The molecular formula is C24H23FN6O2. The van der Waals surface area contributed by atoms with Crippen LogP contribution in [0.1, 0.15) is 18.4 Å². The molecule has 0 aliphatic carbocycles. The van der Waals surface area contributed by atoms with E-state index in [1.54, 1.807) is 16.8 Å². The van der Waals surface area contributed by atoms with Crippen molar-refractivity contribution in [1.29, 1.82) is 0 Å². The molecule has 0 radical (unpaired) electrons. The van der Waals surface area contributed by atoms with Crippen LogP contribution in [0.3, 0.4) is 0 Å². The molecule has 0 spiro atoms. The molecular weight excluding hydrogens is 423 g/mol. The molecule has 1 fully saturated rings. The van der Waals surface area contributed by atoms with Crippen molar-refractivity contribution >= 4 is 22.9 Å². The molecule has 5 rings (SSSR count). The standard InChI is InChI=1S/C24H23FN6O2/c25-18-8-6-16(7-9-18)14-26-22(32)17-10-12-30(13-11-17)24-28-21-20(23(33)29-24)15-27-31(21)19-4-2-1-3-5-19/h1-9,15,17H,10-14H2,(H,26,32)(H,28,29,33). The Labute approximate surface area is 189 Å². The van der Waals surface area contributed by atoms with Crippen LogP contribution >= 0.6 is 0 Å². The fourth-order valence-corrected chi connectivity index (χ4v) is 4.10. The van der Waals surface area contributed by atoms with E-state index in [-0.39, 0.29) is 23.2 Å². The third-order valence-electron chi connectivity index (χ3n) is 5.97. The van der Waals surface area contributed by atoms with E-state index in [9.17, 15) is 14.0 Å². The molecule has 1 amide bonds. The van der Waals surface area contributed by atoms with E-state index in [1.165, 1.54) is 18.3 Å². The number of anilines is 1. The van der Waals surface area contributed by atoms with Crippen LogP contribution in [0.5, 0.6) is 0 Å². The van der Waals surface area contributed by atoms with Crippen molar-refractivity contribution in [3.63, 3.8) is 0 Å². The van der Waals surface area contributed by atoms with Crippen molar-refractivity contribution in [3.05, 3.63) is 82.5 Å². The monoisotopic (exact) mass is 446 g/mol. The van der Waals surface area contributed by atoms with E-state index in [4.69, 9.17) is 0 Å². The number of halogens is 1. The maximum Gasteiger partial charge on any atom is 0.263 e. The Morgan fingerprint density at radius 2 is 1.82 bits per heavy atom. The molecule has 3 heterocycles. The third kappa shape index (κ3) is 4.34. The summed E-state index contributed by atoms with van der Waals surface area (Å²) < 4.78 is 14.7. The molecule has 1 saturated heterocycles. The molecule has 2 N–H and O–H groups in total. The first-order valence-electron chi connectivity index (χ1n) is 10.9. The van der Waals surface area contributed by atoms with Gasteiger partial charge in [-0.2, -0.15) is 10.1 Å². The molecule has 8 nitrogen and oxygen atoms in total. The lowest BCUT2D eigenvalue weighted by atomic mass is 9.96. The first-order chi connectivity index (χ1) is 16.1. The smallest absolute Gasteiger partial charge is 0.263 e. The highest BCUT2D eigenvalue weighted by atomic mass is 19.1. The number of para-hydroxylation sites is 1. The number of aromatic nitrogens is 4. The number of carbonyl (C=O) groups is 1. The van der Waals surface area contributed by atoms with E-state index < -0.39 is 0 Å². The van der Waals surface area contributed by atoms with Crippen molar-refractivity contribution in [2.45, 2.75) is 19.4 Å². The largest absolute Gasteiger partial charge is 0.352 e. The minimum atomic E-state index is -0.297. The number of nitrogens with zero attached hydrogens (tertiary/aromatic N) is 4. The van der Waals surface area contributed by atoms with Crippen LogP contribution in [0.4, 0.5) is 10.3 Å². The maximum atomic E-state index is 13.0. The summed E-state index contributed by atoms with van der Waals surface area (Å²) in [5.74, 6) is 0.0505. The summed E-state index contributed by atoms with van der Waals surface area (Å²) in [4.78, 5) is 34.8. The molecule has 0 unspecified atom stereocenters. The molecule has 0 atom stereocenters. The molecule has 0 bridgehead atoms. The zero-order chi connectivity index (χ0) is 22.8. The number of piperidine rings is 1. The number of carbonyl (C=O) groups excluding carboxylic acids is 1. The van der Waals surface area contributed by atoms with E-state index in [0.717, 1.165) is 11.3 Å². The van der Waals surface area contributed by atoms with E-state index in [2.05, 4.69) is 20.4 Å². The molecule has 2 aromatic carbocycles. The number of rotatable bonds is 5. The van der Waals surface area contributed by atoms with E-state index >= 15 is 0 Å². The van der Waals surface area contributed by atoms with Gasteiger partial charge in [0.2, 0.25) is 11.9 Å². The Bertz CT molecular complexity index is 1320. The summed E-state index contributed by atoms with van der Waals surface area (Å²) in [6.45, 7) is 1.57. The van der Waals surface area contributed by atoms with Gasteiger partial charge >= 0.3 is 0 Å². The zero-order valence-corrected chi connectivity index (χ0v) is 17.9. The van der Waals surface area contributed by atoms with Crippen LogP contribution in [-0.4, -0.2) is 38.7 Å². The van der Waals surface area contributed by atoms with Gasteiger partial charge in [-0.3, -0.25) is 14.6 Å². The van der Waals surface area contributed by atoms with Crippen LogP contribution in [0, 0.1) is 11.7 Å². The summed E-state index contributed by atoms with van der Waals surface area (Å²) in [6.07, 6.45) is 2.82. The Morgan fingerprint density at radius 1 is 1.09 bits per heavy atom. The molecule has 2 aromatic heterocycles. The minimum absolute atomic E-state index is 0.0157. The number of aromatic amines is 1. The van der Waals surface area contributed by atoms with Crippen LogP contribution < -0.4 is 15.8 Å². The molecule has 1 aliphatic rings. The van der Waals surface area contributed by atoms with Crippen LogP contribution in [0.15, 0.2) is 65.6 Å². The number of hydrogen-bond donors (Lipinski definition) is 2. The number of hydrogen-bond acceptors (Lipinski definition) is 5. The Hall–Kier alpha value is -4.01. The van der Waals surface area contributed by atoms with Crippen LogP contribution in [0.25, 0.3) is 16.7 Å². The lowest BCUT2D eigenvalue weighted by Gasteiger charge is -2.31. The van der Waals surface area contributed by atoms with Crippen molar-refractivity contribution in [3.8, 4) is 5.69 Å². The second kappa shape index (κ2) is 8.85. The molecule has 9 heteroatoms. The summed E-state index contributed by atoms with van der Waals surface area (Å²) >= 11 is 0. The van der Waals surface area contributed by atoms with Crippen LogP contribution in [-0.2, 0) is 11.3 Å². The topological polar surface area (TPSA) is 95.9 Å². The van der Waals surface area contributed by atoms with Gasteiger partial charge in [0.15, 0.2) is 5.65 Å². The highest BCUT2D eigenvalue weighted by Crippen LogP contribution is 2.22. The number of H-pyrrole nitrogens is 1. The van der Waals surface area contributed by atoms with Crippen molar-refractivity contribution < 1.29 is 9.18 Å². The fourth-order valence-electron chi connectivity index (χ4n) is 4.10. The van der Waals surface area contributed by atoms with E-state index in [1.807, 2.05) is 35.2 Å². The first-order valence-corrected chi connectivity index (χ1v) is 10.9. The molecule has 33 heavy (non-hydrogen) atoms. The zero-order valence-electron chi connectivity index (χ0n) is 17.9. The molecule has 168 valence electrons. The summed E-state index contributed by atoms with van der Waals surface area (Å²) in [5.41, 5.74) is 1.94. The van der Waals surface area contributed by atoms with Gasteiger partial charge in [0.25, 0.3) is 5.56 Å².